The highest BCUT2D eigenvalue weighted by Crippen LogP contribution is 2.61. The van der Waals surface area contributed by atoms with E-state index in [4.69, 9.17) is 4.74 Å². The van der Waals surface area contributed by atoms with Crippen molar-refractivity contribution in [1.29, 1.82) is 0 Å². The number of hydrogen-bond acceptors (Lipinski definition) is 5. The lowest BCUT2D eigenvalue weighted by Gasteiger charge is -2.60. The minimum atomic E-state index is -0.628. The average molecular weight is 447 g/mol. The van der Waals surface area contributed by atoms with Crippen molar-refractivity contribution in [3.05, 3.63) is 35.9 Å². The summed E-state index contributed by atoms with van der Waals surface area (Å²) in [5, 5.41) is 27.0. The van der Waals surface area contributed by atoms with Crippen molar-refractivity contribution in [2.75, 3.05) is 13.2 Å². The van der Waals surface area contributed by atoms with Gasteiger partial charge >= 0.3 is 6.09 Å². The van der Waals surface area contributed by atoms with E-state index >= 15 is 0 Å². The standard InChI is InChI=1S/C25H38N2O5/c1-4-26-23(31)32-21-12-13-24(2)18(19(29)10-11-20(24)25(21,3)16-28)14-22(30)27-15-17-8-6-5-7-9-17/h5-9,18-21,28-29H,4,10-16H2,1-3H3,(H,26,31)(H,27,30). The van der Waals surface area contributed by atoms with Crippen LogP contribution in [-0.4, -0.2) is 47.6 Å². The SMILES string of the molecule is CCNC(=O)OC1CCC2(C)C(CC(=O)NCc3ccccc3)C(O)CCC2C1(C)CO. The van der Waals surface area contributed by atoms with E-state index in [0.717, 1.165) is 18.4 Å². The van der Waals surface area contributed by atoms with Crippen LogP contribution < -0.4 is 10.6 Å². The molecule has 0 heterocycles. The third kappa shape index (κ3) is 4.94. The molecule has 7 nitrogen and oxygen atoms in total. The summed E-state index contributed by atoms with van der Waals surface area (Å²) in [5.41, 5.74) is 0.0714. The quantitative estimate of drug-likeness (QED) is 0.515. The molecule has 0 aliphatic heterocycles. The van der Waals surface area contributed by atoms with Crippen LogP contribution in [0.1, 0.15) is 58.4 Å². The van der Waals surface area contributed by atoms with Crippen LogP contribution in [0.3, 0.4) is 0 Å². The van der Waals surface area contributed by atoms with E-state index in [1.54, 1.807) is 0 Å². The molecular weight excluding hydrogens is 408 g/mol. The first kappa shape index (κ1) is 24.5. The third-order valence-corrected chi connectivity index (χ3v) is 7.98. The van der Waals surface area contributed by atoms with Gasteiger partial charge in [-0.1, -0.05) is 44.2 Å². The number of benzene rings is 1. The highest BCUT2D eigenvalue weighted by Gasteiger charge is 2.60. The van der Waals surface area contributed by atoms with Gasteiger partial charge in [0.15, 0.2) is 0 Å². The predicted molar refractivity (Wildman–Crippen MR) is 122 cm³/mol. The Bertz CT molecular complexity index is 788. The van der Waals surface area contributed by atoms with Crippen LogP contribution in [-0.2, 0) is 16.1 Å². The van der Waals surface area contributed by atoms with E-state index in [1.807, 2.05) is 44.2 Å². The highest BCUT2D eigenvalue weighted by atomic mass is 16.6. The van der Waals surface area contributed by atoms with Gasteiger partial charge in [-0.25, -0.2) is 4.79 Å². The van der Waals surface area contributed by atoms with Gasteiger partial charge in [-0.2, -0.15) is 0 Å². The molecule has 1 aromatic carbocycles. The van der Waals surface area contributed by atoms with Crippen molar-refractivity contribution in [2.24, 2.45) is 22.7 Å². The molecule has 7 heteroatoms. The third-order valence-electron chi connectivity index (χ3n) is 7.98. The van der Waals surface area contributed by atoms with Crippen LogP contribution in [0, 0.1) is 22.7 Å². The smallest absolute Gasteiger partial charge is 0.407 e. The van der Waals surface area contributed by atoms with Crippen molar-refractivity contribution in [2.45, 2.75) is 71.6 Å². The predicted octanol–water partition coefficient (Wildman–Crippen LogP) is 2.99. The maximum absolute atomic E-state index is 12.8. The normalized spacial score (nSPS) is 34.3. The molecule has 0 saturated heterocycles. The number of carbonyl (C=O) groups is 2. The Morgan fingerprint density at radius 1 is 1.12 bits per heavy atom. The number of ether oxygens (including phenoxy) is 1. The Kier molecular flexibility index (Phi) is 7.83. The molecule has 2 aliphatic carbocycles. The summed E-state index contributed by atoms with van der Waals surface area (Å²) >= 11 is 0. The van der Waals surface area contributed by atoms with Gasteiger partial charge in [0.2, 0.25) is 5.91 Å². The van der Waals surface area contributed by atoms with Gasteiger partial charge in [-0.05, 0) is 55.4 Å². The fourth-order valence-corrected chi connectivity index (χ4v) is 6.16. The Hall–Kier alpha value is -2.12. The molecule has 2 fully saturated rings. The summed E-state index contributed by atoms with van der Waals surface area (Å²) in [6.07, 6.45) is 1.42. The van der Waals surface area contributed by atoms with Crippen LogP contribution in [0.2, 0.25) is 0 Å². The lowest BCUT2D eigenvalue weighted by Crippen LogP contribution is -2.61. The van der Waals surface area contributed by atoms with Gasteiger partial charge in [0.1, 0.15) is 6.10 Å². The summed E-state index contributed by atoms with van der Waals surface area (Å²) in [6.45, 7) is 6.77. The number of nitrogens with one attached hydrogen (secondary N) is 2. The largest absolute Gasteiger partial charge is 0.446 e. The fourth-order valence-electron chi connectivity index (χ4n) is 6.16. The van der Waals surface area contributed by atoms with Crippen LogP contribution >= 0.6 is 0 Å². The molecule has 2 saturated carbocycles. The minimum absolute atomic E-state index is 0.0310. The van der Waals surface area contributed by atoms with E-state index in [2.05, 4.69) is 17.6 Å². The number of fused-ring (bicyclic) bond motifs is 1. The summed E-state index contributed by atoms with van der Waals surface area (Å²) in [7, 11) is 0. The zero-order chi connectivity index (χ0) is 23.4. The van der Waals surface area contributed by atoms with Gasteiger partial charge in [0.25, 0.3) is 0 Å². The topological polar surface area (TPSA) is 108 Å². The second-order valence-electron chi connectivity index (χ2n) is 9.90. The first-order chi connectivity index (χ1) is 15.2. The summed E-state index contributed by atoms with van der Waals surface area (Å²) in [5.74, 6) is -0.261. The van der Waals surface area contributed by atoms with Crippen molar-refractivity contribution >= 4 is 12.0 Å². The molecule has 4 N–H and O–H groups in total. The van der Waals surface area contributed by atoms with Gasteiger partial charge in [0, 0.05) is 24.9 Å². The van der Waals surface area contributed by atoms with Gasteiger partial charge in [-0.15, -0.1) is 0 Å². The maximum atomic E-state index is 12.8. The summed E-state index contributed by atoms with van der Waals surface area (Å²) in [4.78, 5) is 24.9. The van der Waals surface area contributed by atoms with Crippen molar-refractivity contribution in [3.8, 4) is 0 Å². The van der Waals surface area contributed by atoms with E-state index in [9.17, 15) is 19.8 Å². The van der Waals surface area contributed by atoms with Crippen molar-refractivity contribution < 1.29 is 24.5 Å². The van der Waals surface area contributed by atoms with Gasteiger partial charge in [0.05, 0.1) is 12.7 Å². The number of aliphatic hydroxyl groups excluding tert-OH is 2. The van der Waals surface area contributed by atoms with Crippen LogP contribution in [0.15, 0.2) is 30.3 Å². The molecule has 32 heavy (non-hydrogen) atoms. The average Bonchev–Trinajstić information content (AvgIpc) is 2.78. The lowest BCUT2D eigenvalue weighted by atomic mass is 9.46. The molecule has 2 amide bonds. The van der Waals surface area contributed by atoms with E-state index in [-0.39, 0.29) is 36.2 Å². The first-order valence-corrected chi connectivity index (χ1v) is 11.8. The number of alkyl carbamates (subject to hydrolysis) is 1. The van der Waals surface area contributed by atoms with Crippen LogP contribution in [0.5, 0.6) is 0 Å². The number of aliphatic hydroxyl groups is 2. The van der Waals surface area contributed by atoms with E-state index in [0.29, 0.717) is 25.9 Å². The number of rotatable bonds is 7. The monoisotopic (exact) mass is 446 g/mol. The molecule has 178 valence electrons. The van der Waals surface area contributed by atoms with E-state index < -0.39 is 23.7 Å². The summed E-state index contributed by atoms with van der Waals surface area (Å²) in [6, 6.07) is 9.75. The number of carbonyl (C=O) groups excluding carboxylic acids is 2. The highest BCUT2D eigenvalue weighted by molar-refractivity contribution is 5.76. The second-order valence-corrected chi connectivity index (χ2v) is 9.90. The van der Waals surface area contributed by atoms with Gasteiger partial charge in [-0.3, -0.25) is 4.79 Å². The molecule has 0 radical (unpaired) electrons. The van der Waals surface area contributed by atoms with E-state index in [1.165, 1.54) is 0 Å². The lowest BCUT2D eigenvalue weighted by molar-refractivity contribution is -0.185. The van der Waals surface area contributed by atoms with Crippen LogP contribution in [0.25, 0.3) is 0 Å². The Labute approximate surface area is 190 Å². The molecule has 6 atom stereocenters. The number of amides is 2. The molecule has 2 aliphatic rings. The number of hydrogen-bond donors (Lipinski definition) is 4. The molecular formula is C25H38N2O5. The Morgan fingerprint density at radius 3 is 2.50 bits per heavy atom. The fraction of sp³-hybridized carbons (Fsp3) is 0.680. The molecule has 6 unspecified atom stereocenters. The zero-order valence-electron chi connectivity index (χ0n) is 19.5. The second kappa shape index (κ2) is 10.2. The van der Waals surface area contributed by atoms with Crippen LogP contribution in [0.4, 0.5) is 4.79 Å². The minimum Gasteiger partial charge on any atom is -0.446 e. The maximum Gasteiger partial charge on any atom is 0.407 e. The zero-order valence-corrected chi connectivity index (χ0v) is 19.5. The Morgan fingerprint density at radius 2 is 1.84 bits per heavy atom. The molecule has 1 aromatic rings. The molecule has 0 aromatic heterocycles. The Balaban J connectivity index is 1.73. The molecule has 3 rings (SSSR count). The van der Waals surface area contributed by atoms with Gasteiger partial charge < -0.3 is 25.6 Å². The van der Waals surface area contributed by atoms with Crippen molar-refractivity contribution in [1.82, 2.24) is 10.6 Å². The summed E-state index contributed by atoms with van der Waals surface area (Å²) < 4.78 is 5.71. The molecule has 0 spiro atoms. The molecule has 0 bridgehead atoms. The first-order valence-electron chi connectivity index (χ1n) is 11.8. The van der Waals surface area contributed by atoms with Crippen molar-refractivity contribution in [3.63, 3.8) is 0 Å².